The van der Waals surface area contributed by atoms with Crippen molar-refractivity contribution in [3.05, 3.63) is 23.8 Å². The molecule has 14 heavy (non-hydrogen) atoms. The van der Waals surface area contributed by atoms with Crippen LogP contribution in [0.5, 0.6) is 5.75 Å². The number of aromatic hydroxyl groups is 1. The molecular weight excluding hydrogens is 180 g/mol. The third kappa shape index (κ3) is 2.16. The highest BCUT2D eigenvalue weighted by atomic mass is 16.3. The summed E-state index contributed by atoms with van der Waals surface area (Å²) in [5, 5.41) is 18.4. The Morgan fingerprint density at radius 3 is 2.64 bits per heavy atom. The summed E-state index contributed by atoms with van der Waals surface area (Å²) >= 11 is 0. The van der Waals surface area contributed by atoms with E-state index in [4.69, 9.17) is 16.6 Å². The monoisotopic (exact) mass is 196 g/mol. The van der Waals surface area contributed by atoms with Crippen molar-refractivity contribution in [3.8, 4) is 5.75 Å². The molecule has 0 aliphatic heterocycles. The maximum atomic E-state index is 9.58. The van der Waals surface area contributed by atoms with E-state index in [1.165, 1.54) is 6.07 Å². The van der Waals surface area contributed by atoms with Gasteiger partial charge in [-0.15, -0.1) is 0 Å². The molecule has 1 unspecified atom stereocenters. The van der Waals surface area contributed by atoms with Gasteiger partial charge in [-0.2, -0.15) is 0 Å². The van der Waals surface area contributed by atoms with E-state index >= 15 is 0 Å². The van der Waals surface area contributed by atoms with Crippen molar-refractivity contribution in [2.75, 3.05) is 12.3 Å². The average Bonchev–Trinajstić information content (AvgIpc) is 2.09. The van der Waals surface area contributed by atoms with Crippen LogP contribution in [0.25, 0.3) is 0 Å². The molecule has 0 fully saturated rings. The molecule has 0 amide bonds. The predicted octanol–water partition coefficient (Wildman–Crippen LogP) is 0.531. The SMILES string of the molecule is CC(N)(CCO)c1cc(N)ccc1O. The Morgan fingerprint density at radius 1 is 1.43 bits per heavy atom. The molecule has 1 atom stereocenters. The molecule has 0 saturated carbocycles. The summed E-state index contributed by atoms with van der Waals surface area (Å²) in [7, 11) is 0. The minimum atomic E-state index is -0.756. The van der Waals surface area contributed by atoms with Crippen LogP contribution in [0.4, 0.5) is 5.69 Å². The molecule has 78 valence electrons. The number of rotatable bonds is 3. The maximum Gasteiger partial charge on any atom is 0.120 e. The van der Waals surface area contributed by atoms with E-state index in [2.05, 4.69) is 0 Å². The molecule has 0 heterocycles. The van der Waals surface area contributed by atoms with Crippen LogP contribution in [0, 0.1) is 0 Å². The summed E-state index contributed by atoms with van der Waals surface area (Å²) in [5.41, 5.74) is 11.9. The minimum absolute atomic E-state index is 0.0265. The summed E-state index contributed by atoms with van der Waals surface area (Å²) in [6.45, 7) is 1.72. The van der Waals surface area contributed by atoms with Gasteiger partial charge in [-0.3, -0.25) is 0 Å². The summed E-state index contributed by atoms with van der Waals surface area (Å²) in [4.78, 5) is 0. The van der Waals surface area contributed by atoms with E-state index in [1.807, 2.05) is 0 Å². The third-order valence-corrected chi connectivity index (χ3v) is 2.27. The molecule has 4 heteroatoms. The van der Waals surface area contributed by atoms with Gasteiger partial charge in [0.05, 0.1) is 0 Å². The Morgan fingerprint density at radius 2 is 2.07 bits per heavy atom. The van der Waals surface area contributed by atoms with Gasteiger partial charge in [0.2, 0.25) is 0 Å². The molecule has 6 N–H and O–H groups in total. The summed E-state index contributed by atoms with van der Waals surface area (Å²) in [6.07, 6.45) is 0.379. The Labute approximate surface area is 83.2 Å². The standard InChI is InChI=1S/C10H16N2O2/c1-10(12,4-5-13)8-6-7(11)2-3-9(8)14/h2-3,6,13-14H,4-5,11-12H2,1H3. The zero-order chi connectivity index (χ0) is 10.8. The highest BCUT2D eigenvalue weighted by molar-refractivity contribution is 5.49. The summed E-state index contributed by atoms with van der Waals surface area (Å²) in [6, 6.07) is 4.74. The van der Waals surface area contributed by atoms with E-state index in [9.17, 15) is 5.11 Å². The lowest BCUT2D eigenvalue weighted by Gasteiger charge is -2.25. The lowest BCUT2D eigenvalue weighted by Crippen LogP contribution is -2.34. The Bertz CT molecular complexity index is 324. The number of aliphatic hydroxyl groups excluding tert-OH is 1. The van der Waals surface area contributed by atoms with Gasteiger partial charge in [0, 0.05) is 23.4 Å². The van der Waals surface area contributed by atoms with Crippen LogP contribution >= 0.6 is 0 Å². The van der Waals surface area contributed by atoms with Crippen molar-refractivity contribution in [1.82, 2.24) is 0 Å². The summed E-state index contributed by atoms with van der Waals surface area (Å²) in [5.74, 6) is 0.109. The van der Waals surface area contributed by atoms with Crippen LogP contribution in [0.3, 0.4) is 0 Å². The molecule has 0 spiro atoms. The van der Waals surface area contributed by atoms with Crippen molar-refractivity contribution >= 4 is 5.69 Å². The maximum absolute atomic E-state index is 9.58. The lowest BCUT2D eigenvalue weighted by molar-refractivity contribution is 0.245. The Kier molecular flexibility index (Phi) is 2.98. The van der Waals surface area contributed by atoms with Crippen molar-refractivity contribution < 1.29 is 10.2 Å². The second-order valence-corrected chi connectivity index (χ2v) is 3.67. The second-order valence-electron chi connectivity index (χ2n) is 3.67. The highest BCUT2D eigenvalue weighted by Gasteiger charge is 2.23. The van der Waals surface area contributed by atoms with Crippen LogP contribution in [-0.4, -0.2) is 16.8 Å². The molecule has 1 aromatic carbocycles. The lowest BCUT2D eigenvalue weighted by atomic mass is 9.89. The smallest absolute Gasteiger partial charge is 0.120 e. The number of aliphatic hydroxyl groups is 1. The van der Waals surface area contributed by atoms with Crippen LogP contribution in [0.2, 0.25) is 0 Å². The van der Waals surface area contributed by atoms with Gasteiger partial charge >= 0.3 is 0 Å². The molecule has 0 aromatic heterocycles. The zero-order valence-corrected chi connectivity index (χ0v) is 8.20. The van der Waals surface area contributed by atoms with Gasteiger partial charge in [-0.25, -0.2) is 0 Å². The van der Waals surface area contributed by atoms with Crippen molar-refractivity contribution in [2.24, 2.45) is 5.73 Å². The highest BCUT2D eigenvalue weighted by Crippen LogP contribution is 2.30. The number of benzene rings is 1. The van der Waals surface area contributed by atoms with E-state index in [0.29, 0.717) is 17.7 Å². The Balaban J connectivity index is 3.10. The minimum Gasteiger partial charge on any atom is -0.508 e. The van der Waals surface area contributed by atoms with Gasteiger partial charge in [0.1, 0.15) is 5.75 Å². The summed E-state index contributed by atoms with van der Waals surface area (Å²) < 4.78 is 0. The number of nitrogens with two attached hydrogens (primary N) is 2. The fraction of sp³-hybridized carbons (Fsp3) is 0.400. The van der Waals surface area contributed by atoms with Gasteiger partial charge in [0.15, 0.2) is 0 Å². The van der Waals surface area contributed by atoms with E-state index < -0.39 is 5.54 Å². The van der Waals surface area contributed by atoms with Gasteiger partial charge in [-0.1, -0.05) is 0 Å². The van der Waals surface area contributed by atoms with E-state index in [1.54, 1.807) is 19.1 Å². The number of hydrogen-bond donors (Lipinski definition) is 4. The third-order valence-electron chi connectivity index (χ3n) is 2.27. The first-order valence-corrected chi connectivity index (χ1v) is 4.46. The number of phenols is 1. The van der Waals surface area contributed by atoms with Crippen molar-refractivity contribution in [3.63, 3.8) is 0 Å². The first-order chi connectivity index (χ1) is 6.47. The quantitative estimate of drug-likeness (QED) is 0.419. The van der Waals surface area contributed by atoms with Crippen LogP contribution in [0.1, 0.15) is 18.9 Å². The number of hydrogen-bond acceptors (Lipinski definition) is 4. The van der Waals surface area contributed by atoms with Gasteiger partial charge in [0.25, 0.3) is 0 Å². The van der Waals surface area contributed by atoms with Gasteiger partial charge in [-0.05, 0) is 31.5 Å². The largest absolute Gasteiger partial charge is 0.508 e. The first-order valence-electron chi connectivity index (χ1n) is 4.46. The molecule has 0 bridgehead atoms. The molecule has 4 nitrogen and oxygen atoms in total. The predicted molar refractivity (Wildman–Crippen MR) is 55.8 cm³/mol. The molecule has 1 rings (SSSR count). The Hall–Kier alpha value is -1.26. The first kappa shape index (κ1) is 10.8. The molecule has 0 aliphatic carbocycles. The van der Waals surface area contributed by atoms with Crippen LogP contribution in [0.15, 0.2) is 18.2 Å². The van der Waals surface area contributed by atoms with Gasteiger partial charge < -0.3 is 21.7 Å². The fourth-order valence-electron chi connectivity index (χ4n) is 1.38. The number of anilines is 1. The fourth-order valence-corrected chi connectivity index (χ4v) is 1.38. The van der Waals surface area contributed by atoms with E-state index in [0.717, 1.165) is 0 Å². The van der Waals surface area contributed by atoms with Crippen molar-refractivity contribution in [1.29, 1.82) is 0 Å². The molecule has 0 radical (unpaired) electrons. The zero-order valence-electron chi connectivity index (χ0n) is 8.20. The topological polar surface area (TPSA) is 92.5 Å². The molecule has 0 saturated heterocycles. The average molecular weight is 196 g/mol. The number of phenolic OH excluding ortho intramolecular Hbond substituents is 1. The normalized spacial score (nSPS) is 15.1. The second kappa shape index (κ2) is 3.86. The van der Waals surface area contributed by atoms with Crippen LogP contribution < -0.4 is 11.5 Å². The molecular formula is C10H16N2O2. The van der Waals surface area contributed by atoms with Crippen molar-refractivity contribution in [2.45, 2.75) is 18.9 Å². The molecule has 1 aromatic rings. The molecule has 0 aliphatic rings. The van der Waals surface area contributed by atoms with E-state index in [-0.39, 0.29) is 12.4 Å². The van der Waals surface area contributed by atoms with Crippen LogP contribution in [-0.2, 0) is 5.54 Å². The number of nitrogen functional groups attached to an aromatic ring is 1.